The molecule has 4 aromatic rings. The Kier molecular flexibility index (Phi) is 5.21. The van der Waals surface area contributed by atoms with E-state index in [-0.39, 0.29) is 11.9 Å². The molecule has 0 spiro atoms. The van der Waals surface area contributed by atoms with Crippen LogP contribution in [-0.2, 0) is 13.1 Å². The molecule has 0 aliphatic rings. The Labute approximate surface area is 171 Å². The summed E-state index contributed by atoms with van der Waals surface area (Å²) in [6, 6.07) is 18.3. The van der Waals surface area contributed by atoms with Crippen LogP contribution in [0.4, 0.5) is 0 Å². The Bertz CT molecular complexity index is 1130. The number of nitrogens with zero attached hydrogens (tertiary/aromatic N) is 3. The highest BCUT2D eigenvalue weighted by Gasteiger charge is 2.15. The van der Waals surface area contributed by atoms with E-state index in [0.29, 0.717) is 12.1 Å². The zero-order valence-corrected chi connectivity index (χ0v) is 17.1. The first kappa shape index (κ1) is 19.0. The summed E-state index contributed by atoms with van der Waals surface area (Å²) in [5, 5.41) is 8.40. The summed E-state index contributed by atoms with van der Waals surface area (Å²) in [7, 11) is 0. The topological polar surface area (TPSA) is 51.9 Å². The van der Waals surface area contributed by atoms with Crippen LogP contribution in [0.1, 0.15) is 34.1 Å². The maximum absolute atomic E-state index is 12.8. The molecule has 148 valence electrons. The third-order valence-corrected chi connectivity index (χ3v) is 5.48. The van der Waals surface area contributed by atoms with E-state index in [1.165, 1.54) is 16.8 Å². The van der Waals surface area contributed by atoms with E-state index in [2.05, 4.69) is 59.2 Å². The summed E-state index contributed by atoms with van der Waals surface area (Å²) >= 11 is 0. The predicted molar refractivity (Wildman–Crippen MR) is 116 cm³/mol. The molecule has 1 N–H and O–H groups in total. The van der Waals surface area contributed by atoms with E-state index < -0.39 is 0 Å². The molecule has 29 heavy (non-hydrogen) atoms. The van der Waals surface area contributed by atoms with Gasteiger partial charge in [-0.2, -0.15) is 5.10 Å². The highest BCUT2D eigenvalue weighted by Crippen LogP contribution is 2.27. The molecule has 0 aliphatic carbocycles. The summed E-state index contributed by atoms with van der Waals surface area (Å²) in [5.41, 5.74) is 5.56. The molecule has 5 nitrogen and oxygen atoms in total. The Morgan fingerprint density at radius 3 is 2.62 bits per heavy atom. The number of fused-ring (bicyclic) bond motifs is 1. The number of rotatable bonds is 6. The summed E-state index contributed by atoms with van der Waals surface area (Å²) in [4.78, 5) is 12.8. The zero-order chi connectivity index (χ0) is 20.4. The van der Waals surface area contributed by atoms with Crippen molar-refractivity contribution in [3.05, 3.63) is 89.4 Å². The largest absolute Gasteiger partial charge is 0.348 e. The van der Waals surface area contributed by atoms with Gasteiger partial charge < -0.3 is 9.88 Å². The smallest absolute Gasteiger partial charge is 0.251 e. The summed E-state index contributed by atoms with van der Waals surface area (Å²) in [6.07, 6.45) is 3.64. The van der Waals surface area contributed by atoms with Crippen molar-refractivity contribution in [2.24, 2.45) is 0 Å². The zero-order valence-electron chi connectivity index (χ0n) is 17.1. The molecule has 2 aromatic heterocycles. The number of benzene rings is 2. The second-order valence-corrected chi connectivity index (χ2v) is 7.62. The van der Waals surface area contributed by atoms with Crippen LogP contribution in [-0.4, -0.2) is 26.3 Å². The molecule has 2 aromatic carbocycles. The van der Waals surface area contributed by atoms with Crippen molar-refractivity contribution >= 4 is 16.8 Å². The average molecular weight is 386 g/mol. The number of amides is 1. The van der Waals surface area contributed by atoms with Gasteiger partial charge in [0.2, 0.25) is 0 Å². The van der Waals surface area contributed by atoms with E-state index >= 15 is 0 Å². The lowest BCUT2D eigenvalue weighted by molar-refractivity contribution is 0.0936. The first-order chi connectivity index (χ1) is 14.0. The molecule has 0 saturated carbocycles. The number of hydrogen-bond donors (Lipinski definition) is 1. The van der Waals surface area contributed by atoms with Crippen LogP contribution in [0.15, 0.2) is 67.0 Å². The fourth-order valence-electron chi connectivity index (χ4n) is 3.80. The molecular weight excluding hydrogens is 360 g/mol. The highest BCUT2D eigenvalue weighted by molar-refractivity contribution is 5.99. The second kappa shape index (κ2) is 7.95. The van der Waals surface area contributed by atoms with Crippen molar-refractivity contribution < 1.29 is 4.79 Å². The Balaban J connectivity index is 1.57. The molecule has 2 heterocycles. The van der Waals surface area contributed by atoms with Gasteiger partial charge in [0.1, 0.15) is 0 Å². The van der Waals surface area contributed by atoms with Crippen molar-refractivity contribution in [1.29, 1.82) is 0 Å². The van der Waals surface area contributed by atoms with E-state index in [4.69, 9.17) is 0 Å². The molecule has 0 aliphatic heterocycles. The number of carbonyl (C=O) groups excluding carboxylic acids is 1. The van der Waals surface area contributed by atoms with E-state index in [1.54, 1.807) is 6.20 Å². The van der Waals surface area contributed by atoms with Crippen LogP contribution in [0.25, 0.3) is 10.9 Å². The molecular formula is C24H26N4O. The van der Waals surface area contributed by atoms with Gasteiger partial charge in [-0.25, -0.2) is 0 Å². The SMILES string of the molecule is Cc1c(C)n(Cc2ccccc2)c2ccc(C(=O)N[C@H](C)Cn3cccn3)cc12. The van der Waals surface area contributed by atoms with Crippen LogP contribution in [0.2, 0.25) is 0 Å². The number of aryl methyl sites for hydroxylation is 1. The molecule has 5 heteroatoms. The van der Waals surface area contributed by atoms with Gasteiger partial charge in [-0.05, 0) is 56.2 Å². The monoisotopic (exact) mass is 386 g/mol. The van der Waals surface area contributed by atoms with Crippen LogP contribution < -0.4 is 5.32 Å². The van der Waals surface area contributed by atoms with Gasteiger partial charge >= 0.3 is 0 Å². The summed E-state index contributed by atoms with van der Waals surface area (Å²) in [6.45, 7) is 7.73. The lowest BCUT2D eigenvalue weighted by Crippen LogP contribution is -2.35. The first-order valence-corrected chi connectivity index (χ1v) is 9.94. The summed E-state index contributed by atoms with van der Waals surface area (Å²) < 4.78 is 4.15. The number of aromatic nitrogens is 3. The van der Waals surface area contributed by atoms with Crippen LogP contribution in [0.3, 0.4) is 0 Å². The van der Waals surface area contributed by atoms with Gasteiger partial charge in [0.05, 0.1) is 6.54 Å². The van der Waals surface area contributed by atoms with Crippen molar-refractivity contribution in [3.63, 3.8) is 0 Å². The van der Waals surface area contributed by atoms with E-state index in [0.717, 1.165) is 17.4 Å². The number of hydrogen-bond acceptors (Lipinski definition) is 2. The van der Waals surface area contributed by atoms with E-state index in [9.17, 15) is 4.79 Å². The van der Waals surface area contributed by atoms with Crippen molar-refractivity contribution in [2.45, 2.75) is 39.9 Å². The standard InChI is InChI=1S/C24H26N4O/c1-17(15-27-13-7-12-25-27)26-24(29)21-10-11-23-22(14-21)18(2)19(3)28(23)16-20-8-5-4-6-9-20/h4-14,17H,15-16H2,1-3H3,(H,26,29)/t17-/m1/s1. The minimum atomic E-state index is -0.0561. The first-order valence-electron chi connectivity index (χ1n) is 9.94. The fraction of sp³-hybridized carbons (Fsp3) is 0.250. The van der Waals surface area contributed by atoms with Gasteiger partial charge in [0.25, 0.3) is 5.91 Å². The van der Waals surface area contributed by atoms with Crippen LogP contribution in [0, 0.1) is 13.8 Å². The summed E-state index contributed by atoms with van der Waals surface area (Å²) in [5.74, 6) is -0.0561. The molecule has 1 amide bonds. The number of carbonyl (C=O) groups is 1. The molecule has 0 fully saturated rings. The minimum absolute atomic E-state index is 0.0105. The van der Waals surface area contributed by atoms with Gasteiger partial charge in [0.15, 0.2) is 0 Å². The van der Waals surface area contributed by atoms with Gasteiger partial charge in [0, 0.05) is 47.1 Å². The van der Waals surface area contributed by atoms with E-state index in [1.807, 2.05) is 42.1 Å². The van der Waals surface area contributed by atoms with Crippen molar-refractivity contribution in [1.82, 2.24) is 19.7 Å². The molecule has 0 radical (unpaired) electrons. The Hall–Kier alpha value is -3.34. The average Bonchev–Trinajstić information content (AvgIpc) is 3.31. The Morgan fingerprint density at radius 2 is 1.90 bits per heavy atom. The van der Waals surface area contributed by atoms with Gasteiger partial charge in [-0.3, -0.25) is 9.48 Å². The molecule has 1 atom stereocenters. The maximum Gasteiger partial charge on any atom is 0.251 e. The highest BCUT2D eigenvalue weighted by atomic mass is 16.1. The van der Waals surface area contributed by atoms with Gasteiger partial charge in [-0.15, -0.1) is 0 Å². The van der Waals surface area contributed by atoms with Crippen molar-refractivity contribution in [2.75, 3.05) is 0 Å². The molecule has 4 rings (SSSR count). The molecule has 0 saturated heterocycles. The third-order valence-electron chi connectivity index (χ3n) is 5.48. The van der Waals surface area contributed by atoms with Crippen LogP contribution >= 0.6 is 0 Å². The van der Waals surface area contributed by atoms with Crippen LogP contribution in [0.5, 0.6) is 0 Å². The minimum Gasteiger partial charge on any atom is -0.348 e. The lowest BCUT2D eigenvalue weighted by Gasteiger charge is -2.14. The number of nitrogens with one attached hydrogen (secondary N) is 1. The molecule has 0 unspecified atom stereocenters. The normalized spacial score (nSPS) is 12.2. The second-order valence-electron chi connectivity index (χ2n) is 7.62. The fourth-order valence-corrected chi connectivity index (χ4v) is 3.80. The van der Waals surface area contributed by atoms with Crippen molar-refractivity contribution in [3.8, 4) is 0 Å². The third kappa shape index (κ3) is 3.94. The molecule has 0 bridgehead atoms. The predicted octanol–water partition coefficient (Wildman–Crippen LogP) is 4.32. The quantitative estimate of drug-likeness (QED) is 0.536. The lowest BCUT2D eigenvalue weighted by atomic mass is 10.1. The maximum atomic E-state index is 12.8. The Morgan fingerprint density at radius 1 is 1.10 bits per heavy atom. The van der Waals surface area contributed by atoms with Gasteiger partial charge in [-0.1, -0.05) is 30.3 Å².